The lowest BCUT2D eigenvalue weighted by Gasteiger charge is -2.20. The van der Waals surface area contributed by atoms with Gasteiger partial charge >= 0.3 is 0 Å². The van der Waals surface area contributed by atoms with Gasteiger partial charge in [0.05, 0.1) is 23.2 Å². The molecule has 1 aliphatic rings. The van der Waals surface area contributed by atoms with Crippen molar-refractivity contribution in [3.05, 3.63) is 59.8 Å². The molecular weight excluding hydrogens is 360 g/mol. The van der Waals surface area contributed by atoms with Crippen molar-refractivity contribution in [2.45, 2.75) is 25.8 Å². The summed E-state index contributed by atoms with van der Waals surface area (Å²) in [6.07, 6.45) is 3.44. The van der Waals surface area contributed by atoms with Crippen molar-refractivity contribution in [1.29, 1.82) is 0 Å². The first kappa shape index (κ1) is 18.0. The second-order valence-electron chi connectivity index (χ2n) is 7.05. The maximum atomic E-state index is 12.1. The van der Waals surface area contributed by atoms with Crippen molar-refractivity contribution in [3.63, 3.8) is 0 Å². The minimum atomic E-state index is -3.14. The van der Waals surface area contributed by atoms with Crippen LogP contribution in [0.3, 0.4) is 0 Å². The minimum absolute atomic E-state index is 0.145. The Kier molecular flexibility index (Phi) is 4.88. The Bertz CT molecular complexity index is 1040. The van der Waals surface area contributed by atoms with Gasteiger partial charge < -0.3 is 5.32 Å². The zero-order valence-electron chi connectivity index (χ0n) is 15.4. The summed E-state index contributed by atoms with van der Waals surface area (Å²) in [5, 5.41) is 11.7. The van der Waals surface area contributed by atoms with Crippen LogP contribution in [-0.4, -0.2) is 37.5 Å². The topological polar surface area (TPSA) is 78.1 Å². The second kappa shape index (κ2) is 7.32. The van der Waals surface area contributed by atoms with Gasteiger partial charge in [0.25, 0.3) is 0 Å². The summed E-state index contributed by atoms with van der Waals surface area (Å²) in [5.74, 6) is 0.242. The van der Waals surface area contributed by atoms with Crippen LogP contribution < -0.4 is 9.62 Å². The summed E-state index contributed by atoms with van der Waals surface area (Å²) in [7, 11) is -3.14. The summed E-state index contributed by atoms with van der Waals surface area (Å²) in [6, 6.07) is 14.3. The van der Waals surface area contributed by atoms with Gasteiger partial charge in [0.1, 0.15) is 0 Å². The second-order valence-corrected chi connectivity index (χ2v) is 9.07. The Morgan fingerprint density at radius 2 is 2.15 bits per heavy atom. The first-order valence-corrected chi connectivity index (χ1v) is 10.9. The largest absolute Gasteiger partial charge is 0.310 e. The van der Waals surface area contributed by atoms with E-state index >= 15 is 0 Å². The molecule has 0 saturated carbocycles. The van der Waals surface area contributed by atoms with E-state index in [1.807, 2.05) is 30.5 Å². The summed E-state index contributed by atoms with van der Waals surface area (Å²) in [5.41, 5.74) is 4.17. The van der Waals surface area contributed by atoms with Crippen molar-refractivity contribution in [2.75, 3.05) is 23.1 Å². The van der Waals surface area contributed by atoms with Gasteiger partial charge in [-0.15, -0.1) is 0 Å². The lowest BCUT2D eigenvalue weighted by Crippen LogP contribution is -2.26. The molecule has 0 spiro atoms. The molecule has 142 valence electrons. The number of hydrogen-bond donors (Lipinski definition) is 2. The lowest BCUT2D eigenvalue weighted by molar-refractivity contribution is 0.577. The van der Waals surface area contributed by atoms with Gasteiger partial charge in [-0.05, 0) is 55.6 Å². The van der Waals surface area contributed by atoms with Gasteiger partial charge in [0.2, 0.25) is 10.0 Å². The monoisotopic (exact) mass is 384 g/mol. The average molecular weight is 385 g/mol. The zero-order chi connectivity index (χ0) is 18.9. The van der Waals surface area contributed by atoms with Gasteiger partial charge in [0, 0.05) is 18.0 Å². The molecule has 4 rings (SSSR count). The molecule has 1 saturated heterocycles. The molecular formula is C20H24N4O2S. The van der Waals surface area contributed by atoms with Crippen molar-refractivity contribution >= 4 is 26.6 Å². The van der Waals surface area contributed by atoms with E-state index in [0.29, 0.717) is 13.0 Å². The Hall–Kier alpha value is -2.38. The molecule has 1 atom stereocenters. The first-order valence-electron chi connectivity index (χ1n) is 9.29. The third kappa shape index (κ3) is 3.84. The summed E-state index contributed by atoms with van der Waals surface area (Å²) < 4.78 is 25.8. The Balaban J connectivity index is 1.39. The molecule has 3 aromatic rings. The van der Waals surface area contributed by atoms with E-state index in [-0.39, 0.29) is 11.8 Å². The van der Waals surface area contributed by atoms with E-state index in [1.54, 1.807) is 0 Å². The standard InChI is InChI=1S/C20H24N4O2S/c1-15(21-9-8-16-6-7-18-14-22-23-20(18)12-16)17-4-2-5-19(13-17)24-10-3-11-27(24,25)26/h2,4-7,12-15,21H,3,8-11H2,1H3,(H,22,23). The number of H-pyrrole nitrogens is 1. The van der Waals surface area contributed by atoms with Crippen LogP contribution in [0, 0.1) is 0 Å². The molecule has 27 heavy (non-hydrogen) atoms. The van der Waals surface area contributed by atoms with Crippen molar-refractivity contribution in [1.82, 2.24) is 15.5 Å². The van der Waals surface area contributed by atoms with Gasteiger partial charge in [0.15, 0.2) is 0 Å². The van der Waals surface area contributed by atoms with Crippen LogP contribution in [0.15, 0.2) is 48.7 Å². The molecule has 1 aliphatic heterocycles. The highest BCUT2D eigenvalue weighted by atomic mass is 32.2. The Labute approximate surface area is 159 Å². The molecule has 1 fully saturated rings. The number of aromatic amines is 1. The number of anilines is 1. The minimum Gasteiger partial charge on any atom is -0.310 e. The van der Waals surface area contributed by atoms with Crippen molar-refractivity contribution in [2.24, 2.45) is 0 Å². The predicted molar refractivity (Wildman–Crippen MR) is 108 cm³/mol. The number of nitrogens with one attached hydrogen (secondary N) is 2. The van der Waals surface area contributed by atoms with E-state index in [9.17, 15) is 8.42 Å². The number of sulfonamides is 1. The number of nitrogens with zero attached hydrogens (tertiary/aromatic N) is 2. The van der Waals surface area contributed by atoms with Gasteiger partial charge in [-0.2, -0.15) is 5.10 Å². The van der Waals surface area contributed by atoms with Crippen molar-refractivity contribution < 1.29 is 8.42 Å². The third-order valence-electron chi connectivity index (χ3n) is 5.13. The van der Waals surface area contributed by atoms with Crippen LogP contribution >= 0.6 is 0 Å². The SMILES string of the molecule is CC(NCCc1ccc2cn[nH]c2c1)c1cccc(N2CCCS2(=O)=O)c1. The predicted octanol–water partition coefficient (Wildman–Crippen LogP) is 3.00. The van der Waals surface area contributed by atoms with E-state index in [1.165, 1.54) is 9.87 Å². The molecule has 2 N–H and O–H groups in total. The average Bonchev–Trinajstić information content (AvgIpc) is 3.26. The number of fused-ring (bicyclic) bond motifs is 1. The van der Waals surface area contributed by atoms with Gasteiger partial charge in [-0.1, -0.05) is 24.3 Å². The van der Waals surface area contributed by atoms with Crippen LogP contribution in [0.25, 0.3) is 10.9 Å². The quantitative estimate of drug-likeness (QED) is 0.685. The Morgan fingerprint density at radius 1 is 1.26 bits per heavy atom. The summed E-state index contributed by atoms with van der Waals surface area (Å²) in [4.78, 5) is 0. The first-order chi connectivity index (χ1) is 13.0. The van der Waals surface area contributed by atoms with Crippen LogP contribution in [0.2, 0.25) is 0 Å². The summed E-state index contributed by atoms with van der Waals surface area (Å²) in [6.45, 7) is 3.52. The fraction of sp³-hybridized carbons (Fsp3) is 0.350. The molecule has 1 unspecified atom stereocenters. The van der Waals surface area contributed by atoms with Gasteiger partial charge in [-0.25, -0.2) is 8.42 Å². The summed E-state index contributed by atoms with van der Waals surface area (Å²) >= 11 is 0. The van der Waals surface area contributed by atoms with Gasteiger partial charge in [-0.3, -0.25) is 9.40 Å². The lowest BCUT2D eigenvalue weighted by atomic mass is 10.1. The fourth-order valence-electron chi connectivity index (χ4n) is 3.57. The Morgan fingerprint density at radius 3 is 2.96 bits per heavy atom. The maximum absolute atomic E-state index is 12.1. The zero-order valence-corrected chi connectivity index (χ0v) is 16.2. The van der Waals surface area contributed by atoms with E-state index in [2.05, 4.69) is 40.6 Å². The van der Waals surface area contributed by atoms with Crippen LogP contribution in [0.1, 0.15) is 30.5 Å². The smallest absolute Gasteiger partial charge is 0.235 e. The molecule has 0 radical (unpaired) electrons. The van der Waals surface area contributed by atoms with E-state index in [4.69, 9.17) is 0 Å². The molecule has 7 heteroatoms. The molecule has 2 aromatic carbocycles. The highest BCUT2D eigenvalue weighted by Gasteiger charge is 2.28. The molecule has 0 amide bonds. The molecule has 1 aromatic heterocycles. The molecule has 0 aliphatic carbocycles. The van der Waals surface area contributed by atoms with Crippen LogP contribution in [-0.2, 0) is 16.4 Å². The molecule has 0 bridgehead atoms. The highest BCUT2D eigenvalue weighted by molar-refractivity contribution is 7.93. The number of benzene rings is 2. The molecule has 2 heterocycles. The highest BCUT2D eigenvalue weighted by Crippen LogP contribution is 2.26. The van der Waals surface area contributed by atoms with E-state index < -0.39 is 10.0 Å². The number of hydrogen-bond acceptors (Lipinski definition) is 4. The third-order valence-corrected chi connectivity index (χ3v) is 7.00. The van der Waals surface area contributed by atoms with Crippen LogP contribution in [0.5, 0.6) is 0 Å². The van der Waals surface area contributed by atoms with Crippen molar-refractivity contribution in [3.8, 4) is 0 Å². The normalized spacial score (nSPS) is 17.4. The fourth-order valence-corrected chi connectivity index (χ4v) is 5.13. The molecule has 6 nitrogen and oxygen atoms in total. The number of rotatable bonds is 6. The van der Waals surface area contributed by atoms with Crippen LogP contribution in [0.4, 0.5) is 5.69 Å². The number of aromatic nitrogens is 2. The maximum Gasteiger partial charge on any atom is 0.235 e. The van der Waals surface area contributed by atoms with E-state index in [0.717, 1.165) is 35.1 Å².